The van der Waals surface area contributed by atoms with Gasteiger partial charge in [-0.15, -0.1) is 0 Å². The van der Waals surface area contributed by atoms with Crippen molar-refractivity contribution in [1.29, 1.82) is 5.41 Å². The quantitative estimate of drug-likeness (QED) is 0.481. The van der Waals surface area contributed by atoms with Crippen LogP contribution in [0.3, 0.4) is 0 Å². The summed E-state index contributed by atoms with van der Waals surface area (Å²) >= 11 is 0. The second-order valence-electron chi connectivity index (χ2n) is 6.68. The van der Waals surface area contributed by atoms with Crippen molar-refractivity contribution < 1.29 is 30.7 Å². The number of nitrogens with zero attached hydrogens (tertiary/aromatic N) is 1. The van der Waals surface area contributed by atoms with Gasteiger partial charge in [-0.1, -0.05) is 6.07 Å². The molecule has 4 rings (SSSR count). The lowest BCUT2D eigenvalue weighted by atomic mass is 9.89. The molecule has 10 heteroatoms. The molecular formula is C20H10F7N3. The Balaban J connectivity index is 2.11. The van der Waals surface area contributed by atoms with E-state index in [1.54, 1.807) is 0 Å². The molecule has 0 unspecified atom stereocenters. The Labute approximate surface area is 164 Å². The smallest absolute Gasteiger partial charge is 0.383 e. The topological polar surface area (TPSA) is 62.2 Å². The molecule has 1 heterocycles. The van der Waals surface area contributed by atoms with Crippen molar-refractivity contribution in [2.24, 2.45) is 10.7 Å². The van der Waals surface area contributed by atoms with Gasteiger partial charge in [0, 0.05) is 11.1 Å². The summed E-state index contributed by atoms with van der Waals surface area (Å²) in [6, 6.07) is 5.92. The van der Waals surface area contributed by atoms with E-state index in [1.807, 2.05) is 0 Å². The first-order chi connectivity index (χ1) is 13.9. The third kappa shape index (κ3) is 3.17. The van der Waals surface area contributed by atoms with Crippen LogP contribution in [0.15, 0.2) is 47.5 Å². The molecule has 0 saturated heterocycles. The SMILES string of the molecule is N=C1N=C(N)c2c(-c3cc(C(F)(F)F)cc(C(F)(F)F)c3)cc3cc(F)ccc3c21. The van der Waals surface area contributed by atoms with Gasteiger partial charge in [0.1, 0.15) is 11.7 Å². The molecule has 30 heavy (non-hydrogen) atoms. The van der Waals surface area contributed by atoms with E-state index < -0.39 is 34.9 Å². The first-order valence-electron chi connectivity index (χ1n) is 8.36. The molecule has 0 radical (unpaired) electrons. The highest BCUT2D eigenvalue weighted by atomic mass is 19.4. The van der Waals surface area contributed by atoms with Gasteiger partial charge in [-0.25, -0.2) is 9.38 Å². The summed E-state index contributed by atoms with van der Waals surface area (Å²) in [6.07, 6.45) is -10.1. The first-order valence-corrected chi connectivity index (χ1v) is 8.36. The van der Waals surface area contributed by atoms with Crippen LogP contribution in [0.25, 0.3) is 21.9 Å². The summed E-state index contributed by atoms with van der Waals surface area (Å²) in [5, 5.41) is 8.56. The van der Waals surface area contributed by atoms with Crippen LogP contribution in [-0.4, -0.2) is 11.7 Å². The fourth-order valence-electron chi connectivity index (χ4n) is 3.46. The number of halogens is 7. The van der Waals surface area contributed by atoms with Crippen LogP contribution in [0.5, 0.6) is 0 Å². The van der Waals surface area contributed by atoms with Crippen LogP contribution in [0.2, 0.25) is 0 Å². The van der Waals surface area contributed by atoms with Crippen molar-refractivity contribution in [3.05, 3.63) is 70.5 Å². The average molecular weight is 425 g/mol. The molecule has 0 bridgehead atoms. The number of rotatable bonds is 1. The summed E-state index contributed by atoms with van der Waals surface area (Å²) in [5.41, 5.74) is 2.46. The first kappa shape index (κ1) is 19.9. The van der Waals surface area contributed by atoms with Crippen LogP contribution in [0, 0.1) is 11.2 Å². The van der Waals surface area contributed by atoms with Crippen molar-refractivity contribution in [2.75, 3.05) is 0 Å². The Hall–Kier alpha value is -3.43. The molecule has 0 atom stereocenters. The molecule has 1 aliphatic rings. The number of hydrogen-bond donors (Lipinski definition) is 2. The lowest BCUT2D eigenvalue weighted by molar-refractivity contribution is -0.143. The summed E-state index contributed by atoms with van der Waals surface area (Å²) in [6.45, 7) is 0. The molecule has 0 fully saturated rings. The molecule has 0 amide bonds. The molecule has 0 aromatic heterocycles. The van der Waals surface area contributed by atoms with Gasteiger partial charge in [-0.05, 0) is 58.3 Å². The minimum atomic E-state index is -5.03. The third-order valence-corrected chi connectivity index (χ3v) is 4.73. The highest BCUT2D eigenvalue weighted by Crippen LogP contribution is 2.42. The van der Waals surface area contributed by atoms with E-state index >= 15 is 0 Å². The monoisotopic (exact) mass is 425 g/mol. The maximum Gasteiger partial charge on any atom is 0.416 e. The number of aliphatic imine (C=N–C) groups is 1. The third-order valence-electron chi connectivity index (χ3n) is 4.73. The largest absolute Gasteiger partial charge is 0.416 e. The number of alkyl halides is 6. The Morgan fingerprint density at radius 2 is 1.40 bits per heavy atom. The second-order valence-corrected chi connectivity index (χ2v) is 6.68. The second kappa shape index (κ2) is 6.28. The number of amidine groups is 2. The van der Waals surface area contributed by atoms with E-state index in [2.05, 4.69) is 4.99 Å². The number of nitrogens with one attached hydrogen (secondary N) is 1. The van der Waals surface area contributed by atoms with Crippen LogP contribution < -0.4 is 5.73 Å². The summed E-state index contributed by atoms with van der Waals surface area (Å²) < 4.78 is 93.4. The molecule has 0 aliphatic carbocycles. The summed E-state index contributed by atoms with van der Waals surface area (Å²) in [5.74, 6) is -1.20. The maximum atomic E-state index is 13.7. The highest BCUT2D eigenvalue weighted by Gasteiger charge is 2.37. The van der Waals surface area contributed by atoms with Crippen LogP contribution in [-0.2, 0) is 12.4 Å². The molecule has 0 spiro atoms. The van der Waals surface area contributed by atoms with Gasteiger partial charge in [0.25, 0.3) is 0 Å². The molecule has 3 aromatic carbocycles. The molecule has 3 nitrogen and oxygen atoms in total. The molecule has 1 aliphatic heterocycles. The Kier molecular flexibility index (Phi) is 4.16. The fraction of sp³-hybridized carbons (Fsp3) is 0.100. The van der Waals surface area contributed by atoms with Crippen molar-refractivity contribution in [3.8, 4) is 11.1 Å². The lowest BCUT2D eigenvalue weighted by Gasteiger charge is -2.17. The summed E-state index contributed by atoms with van der Waals surface area (Å²) in [4.78, 5) is 3.80. The van der Waals surface area contributed by atoms with Crippen molar-refractivity contribution in [1.82, 2.24) is 0 Å². The molecule has 3 aromatic rings. The molecule has 154 valence electrons. The van der Waals surface area contributed by atoms with E-state index in [1.165, 1.54) is 12.1 Å². The van der Waals surface area contributed by atoms with E-state index in [4.69, 9.17) is 11.1 Å². The van der Waals surface area contributed by atoms with Crippen molar-refractivity contribution in [2.45, 2.75) is 12.4 Å². The fourth-order valence-corrected chi connectivity index (χ4v) is 3.46. The van der Waals surface area contributed by atoms with Crippen LogP contribution in [0.4, 0.5) is 30.7 Å². The minimum Gasteiger partial charge on any atom is -0.383 e. The van der Waals surface area contributed by atoms with E-state index in [0.717, 1.165) is 12.1 Å². The molecule has 0 saturated carbocycles. The van der Waals surface area contributed by atoms with Gasteiger partial charge in [-0.3, -0.25) is 5.41 Å². The average Bonchev–Trinajstić information content (AvgIpc) is 2.93. The van der Waals surface area contributed by atoms with Crippen molar-refractivity contribution in [3.63, 3.8) is 0 Å². The lowest BCUT2D eigenvalue weighted by Crippen LogP contribution is -2.14. The maximum absolute atomic E-state index is 13.7. The normalized spacial score (nSPS) is 14.2. The van der Waals surface area contributed by atoms with E-state index in [0.29, 0.717) is 17.5 Å². The van der Waals surface area contributed by atoms with Gasteiger partial charge < -0.3 is 5.73 Å². The Morgan fingerprint density at radius 1 is 0.800 bits per heavy atom. The number of fused-ring (bicyclic) bond motifs is 3. The van der Waals surface area contributed by atoms with Gasteiger partial charge in [0.15, 0.2) is 5.84 Å². The van der Waals surface area contributed by atoms with Gasteiger partial charge in [0.05, 0.1) is 11.1 Å². The Morgan fingerprint density at radius 3 is 1.97 bits per heavy atom. The number of nitrogens with two attached hydrogens (primary N) is 1. The zero-order valence-corrected chi connectivity index (χ0v) is 14.7. The predicted molar refractivity (Wildman–Crippen MR) is 96.9 cm³/mol. The highest BCUT2D eigenvalue weighted by molar-refractivity contribution is 6.28. The van der Waals surface area contributed by atoms with Crippen LogP contribution >= 0.6 is 0 Å². The zero-order chi connectivity index (χ0) is 22.0. The van der Waals surface area contributed by atoms with Gasteiger partial charge in [-0.2, -0.15) is 26.3 Å². The van der Waals surface area contributed by atoms with Crippen molar-refractivity contribution >= 4 is 22.4 Å². The van der Waals surface area contributed by atoms with Crippen LogP contribution in [0.1, 0.15) is 22.3 Å². The van der Waals surface area contributed by atoms with Gasteiger partial charge >= 0.3 is 12.4 Å². The number of benzene rings is 3. The van der Waals surface area contributed by atoms with E-state index in [-0.39, 0.29) is 39.8 Å². The summed E-state index contributed by atoms with van der Waals surface area (Å²) in [7, 11) is 0. The molecule has 3 N–H and O–H groups in total. The molecular weight excluding hydrogens is 415 g/mol. The minimum absolute atomic E-state index is 0.0178. The standard InChI is InChI=1S/C20H10F7N3/c21-12-1-2-13-9(5-12)6-14(16-15(13)17(28)30-18(16)29)8-3-10(19(22,23)24)7-11(4-8)20(25,26)27/h1-7H,(H3,28,29,30). The number of hydrogen-bond acceptors (Lipinski definition) is 2. The van der Waals surface area contributed by atoms with Gasteiger partial charge in [0.2, 0.25) is 0 Å². The Bertz CT molecular complexity index is 1220. The predicted octanol–water partition coefficient (Wildman–Crippen LogP) is 5.73. The zero-order valence-electron chi connectivity index (χ0n) is 14.7. The van der Waals surface area contributed by atoms with E-state index in [9.17, 15) is 30.7 Å².